The molecule has 0 amide bonds. The van der Waals surface area contributed by atoms with Gasteiger partial charge in [0.05, 0.1) is 28.6 Å². The molecule has 142 valence electrons. The van der Waals surface area contributed by atoms with E-state index in [4.69, 9.17) is 19.7 Å². The Balaban J connectivity index is 1.73. The standard InChI is InChI=1S/C24H19N3O2/c1-16(2)28-19-13-9-18(10-14-19)23-26-22-6-4-3-5-21(22)24(27-23)29-20-11-7-17(15-25)8-12-20/h3-14,16H,1-2H3. The second kappa shape index (κ2) is 7.99. The molecular weight excluding hydrogens is 362 g/mol. The smallest absolute Gasteiger partial charge is 0.230 e. The van der Waals surface area contributed by atoms with Gasteiger partial charge in [0, 0.05) is 5.56 Å². The highest BCUT2D eigenvalue weighted by atomic mass is 16.5. The summed E-state index contributed by atoms with van der Waals surface area (Å²) in [6, 6.07) is 24.5. The van der Waals surface area contributed by atoms with Gasteiger partial charge in [-0.15, -0.1) is 0 Å². The van der Waals surface area contributed by atoms with Crippen molar-refractivity contribution in [2.45, 2.75) is 20.0 Å². The molecule has 1 heterocycles. The summed E-state index contributed by atoms with van der Waals surface area (Å²) in [5.41, 5.74) is 2.24. The number of fused-ring (bicyclic) bond motifs is 1. The molecule has 0 N–H and O–H groups in total. The fraction of sp³-hybridized carbons (Fsp3) is 0.125. The Morgan fingerprint density at radius 3 is 2.21 bits per heavy atom. The predicted molar refractivity (Wildman–Crippen MR) is 112 cm³/mol. The molecule has 0 radical (unpaired) electrons. The Labute approximate surface area is 169 Å². The van der Waals surface area contributed by atoms with Crippen molar-refractivity contribution in [2.24, 2.45) is 0 Å². The van der Waals surface area contributed by atoms with Gasteiger partial charge in [0.2, 0.25) is 5.88 Å². The van der Waals surface area contributed by atoms with E-state index in [2.05, 4.69) is 11.1 Å². The fourth-order valence-corrected chi connectivity index (χ4v) is 2.92. The average molecular weight is 381 g/mol. The normalized spacial score (nSPS) is 10.7. The third-order valence-electron chi connectivity index (χ3n) is 4.25. The minimum absolute atomic E-state index is 0.116. The Bertz CT molecular complexity index is 1180. The Hall–Kier alpha value is -3.91. The molecule has 0 atom stereocenters. The van der Waals surface area contributed by atoms with Gasteiger partial charge in [-0.25, -0.2) is 4.98 Å². The minimum atomic E-state index is 0.116. The van der Waals surface area contributed by atoms with Gasteiger partial charge in [0.15, 0.2) is 5.82 Å². The van der Waals surface area contributed by atoms with Crippen LogP contribution in [0.2, 0.25) is 0 Å². The van der Waals surface area contributed by atoms with Gasteiger partial charge in [0.1, 0.15) is 11.5 Å². The summed E-state index contributed by atoms with van der Waals surface area (Å²) in [5, 5.41) is 9.79. The number of benzene rings is 3. The average Bonchev–Trinajstić information content (AvgIpc) is 2.74. The first-order valence-electron chi connectivity index (χ1n) is 9.34. The molecule has 4 aromatic rings. The molecule has 0 bridgehead atoms. The minimum Gasteiger partial charge on any atom is -0.491 e. The Morgan fingerprint density at radius 1 is 0.828 bits per heavy atom. The monoisotopic (exact) mass is 381 g/mol. The van der Waals surface area contributed by atoms with Crippen LogP contribution in [0.1, 0.15) is 19.4 Å². The zero-order valence-electron chi connectivity index (χ0n) is 16.2. The molecule has 0 aliphatic carbocycles. The second-order valence-corrected chi connectivity index (χ2v) is 6.80. The highest BCUT2D eigenvalue weighted by Gasteiger charge is 2.12. The molecule has 0 unspecified atom stereocenters. The number of nitrogens with zero attached hydrogens (tertiary/aromatic N) is 3. The lowest BCUT2D eigenvalue weighted by molar-refractivity contribution is 0.242. The van der Waals surface area contributed by atoms with Gasteiger partial charge >= 0.3 is 0 Å². The fourth-order valence-electron chi connectivity index (χ4n) is 2.92. The molecule has 0 aliphatic heterocycles. The van der Waals surface area contributed by atoms with Crippen LogP contribution >= 0.6 is 0 Å². The van der Waals surface area contributed by atoms with E-state index in [1.807, 2.05) is 62.4 Å². The Kier molecular flexibility index (Phi) is 5.08. The van der Waals surface area contributed by atoms with E-state index in [-0.39, 0.29) is 6.10 Å². The van der Waals surface area contributed by atoms with Crippen molar-refractivity contribution in [1.82, 2.24) is 9.97 Å². The molecule has 4 rings (SSSR count). The summed E-state index contributed by atoms with van der Waals surface area (Å²) < 4.78 is 11.8. The van der Waals surface area contributed by atoms with Gasteiger partial charge in [-0.2, -0.15) is 10.2 Å². The molecule has 3 aromatic carbocycles. The number of hydrogen-bond acceptors (Lipinski definition) is 5. The number of aromatic nitrogens is 2. The van der Waals surface area contributed by atoms with E-state index in [0.29, 0.717) is 23.0 Å². The second-order valence-electron chi connectivity index (χ2n) is 6.80. The van der Waals surface area contributed by atoms with E-state index in [1.54, 1.807) is 24.3 Å². The van der Waals surface area contributed by atoms with E-state index < -0.39 is 0 Å². The summed E-state index contributed by atoms with van der Waals surface area (Å²) in [6.45, 7) is 3.99. The molecule has 0 fully saturated rings. The lowest BCUT2D eigenvalue weighted by atomic mass is 10.2. The van der Waals surface area contributed by atoms with Crippen molar-refractivity contribution in [3.05, 3.63) is 78.4 Å². The molecular formula is C24H19N3O2. The first-order valence-corrected chi connectivity index (χ1v) is 9.34. The highest BCUT2D eigenvalue weighted by molar-refractivity contribution is 5.85. The lowest BCUT2D eigenvalue weighted by Crippen LogP contribution is -2.05. The van der Waals surface area contributed by atoms with Gasteiger partial charge in [0.25, 0.3) is 0 Å². The summed E-state index contributed by atoms with van der Waals surface area (Å²) >= 11 is 0. The van der Waals surface area contributed by atoms with Crippen LogP contribution in [0.5, 0.6) is 17.4 Å². The third-order valence-corrected chi connectivity index (χ3v) is 4.25. The number of hydrogen-bond donors (Lipinski definition) is 0. The van der Waals surface area contributed by atoms with E-state index >= 15 is 0 Å². The van der Waals surface area contributed by atoms with Crippen LogP contribution in [0.3, 0.4) is 0 Å². The van der Waals surface area contributed by atoms with Crippen LogP contribution in [-0.4, -0.2) is 16.1 Å². The zero-order chi connectivity index (χ0) is 20.2. The molecule has 0 saturated heterocycles. The molecule has 5 nitrogen and oxygen atoms in total. The lowest BCUT2D eigenvalue weighted by Gasteiger charge is -2.12. The predicted octanol–water partition coefficient (Wildman–Crippen LogP) is 5.75. The van der Waals surface area contributed by atoms with E-state index in [9.17, 15) is 0 Å². The van der Waals surface area contributed by atoms with Crippen molar-refractivity contribution < 1.29 is 9.47 Å². The molecule has 1 aromatic heterocycles. The van der Waals surface area contributed by atoms with Gasteiger partial charge in [-0.3, -0.25) is 0 Å². The number of rotatable bonds is 5. The first kappa shape index (κ1) is 18.5. The topological polar surface area (TPSA) is 68.0 Å². The summed E-state index contributed by atoms with van der Waals surface area (Å²) in [6.07, 6.45) is 0.116. The quantitative estimate of drug-likeness (QED) is 0.440. The SMILES string of the molecule is CC(C)Oc1ccc(-c2nc(Oc3ccc(C#N)cc3)c3ccccc3n2)cc1. The van der Waals surface area contributed by atoms with Gasteiger partial charge in [-0.05, 0) is 74.5 Å². The van der Waals surface area contributed by atoms with E-state index in [1.165, 1.54) is 0 Å². The van der Waals surface area contributed by atoms with Crippen molar-refractivity contribution in [1.29, 1.82) is 5.26 Å². The molecule has 29 heavy (non-hydrogen) atoms. The number of nitriles is 1. The van der Waals surface area contributed by atoms with E-state index in [0.717, 1.165) is 22.2 Å². The number of ether oxygens (including phenoxy) is 2. The first-order chi connectivity index (χ1) is 14.1. The number of para-hydroxylation sites is 1. The van der Waals surface area contributed by atoms with Crippen molar-refractivity contribution in [3.63, 3.8) is 0 Å². The van der Waals surface area contributed by atoms with Gasteiger partial charge in [-0.1, -0.05) is 12.1 Å². The van der Waals surface area contributed by atoms with Crippen molar-refractivity contribution >= 4 is 10.9 Å². The molecule has 5 heteroatoms. The van der Waals surface area contributed by atoms with Crippen LogP contribution in [0.15, 0.2) is 72.8 Å². The molecule has 0 saturated carbocycles. The van der Waals surface area contributed by atoms with Crippen LogP contribution in [0.4, 0.5) is 0 Å². The van der Waals surface area contributed by atoms with Crippen LogP contribution < -0.4 is 9.47 Å². The van der Waals surface area contributed by atoms with Crippen LogP contribution in [0, 0.1) is 11.3 Å². The summed E-state index contributed by atoms with van der Waals surface area (Å²) in [7, 11) is 0. The Morgan fingerprint density at radius 2 is 1.52 bits per heavy atom. The zero-order valence-corrected chi connectivity index (χ0v) is 16.2. The maximum absolute atomic E-state index is 8.97. The highest BCUT2D eigenvalue weighted by Crippen LogP contribution is 2.30. The third kappa shape index (κ3) is 4.17. The molecule has 0 spiro atoms. The van der Waals surface area contributed by atoms with Crippen LogP contribution in [-0.2, 0) is 0 Å². The maximum Gasteiger partial charge on any atom is 0.230 e. The summed E-state index contributed by atoms with van der Waals surface area (Å²) in [5.74, 6) is 2.46. The van der Waals surface area contributed by atoms with Crippen molar-refractivity contribution in [3.8, 4) is 34.8 Å². The maximum atomic E-state index is 8.97. The van der Waals surface area contributed by atoms with Gasteiger partial charge < -0.3 is 9.47 Å². The van der Waals surface area contributed by atoms with Crippen molar-refractivity contribution in [2.75, 3.05) is 0 Å². The largest absolute Gasteiger partial charge is 0.491 e. The van der Waals surface area contributed by atoms with Crippen LogP contribution in [0.25, 0.3) is 22.3 Å². The summed E-state index contributed by atoms with van der Waals surface area (Å²) in [4.78, 5) is 9.35. The molecule has 0 aliphatic rings.